The summed E-state index contributed by atoms with van der Waals surface area (Å²) < 4.78 is 111. The van der Waals surface area contributed by atoms with Gasteiger partial charge in [0, 0.05) is 6.54 Å². The lowest BCUT2D eigenvalue weighted by atomic mass is 9.77. The summed E-state index contributed by atoms with van der Waals surface area (Å²) >= 11 is 0. The monoisotopic (exact) mass is 549 g/mol. The number of benzene rings is 2. The molecular formula is C24H25F6N3O3S. The Bertz CT molecular complexity index is 1220. The topological polar surface area (TPSA) is 91.2 Å². The van der Waals surface area contributed by atoms with E-state index in [2.05, 4.69) is 10.0 Å². The van der Waals surface area contributed by atoms with Gasteiger partial charge in [-0.15, -0.1) is 0 Å². The number of sulfonamides is 1. The quantitative estimate of drug-likeness (QED) is 0.480. The van der Waals surface area contributed by atoms with E-state index in [-0.39, 0.29) is 37.6 Å². The van der Waals surface area contributed by atoms with Crippen molar-refractivity contribution in [2.24, 2.45) is 0 Å². The molecule has 1 fully saturated rings. The van der Waals surface area contributed by atoms with Gasteiger partial charge in [-0.3, -0.25) is 0 Å². The first-order valence-corrected chi connectivity index (χ1v) is 13.0. The minimum atomic E-state index is -4.99. The van der Waals surface area contributed by atoms with Crippen LogP contribution in [-0.2, 0) is 32.7 Å². The lowest BCUT2D eigenvalue weighted by molar-refractivity contribution is -0.143. The second-order valence-electron chi connectivity index (χ2n) is 9.16. The summed E-state index contributed by atoms with van der Waals surface area (Å²) in [5.41, 5.74) is -4.89. The third-order valence-electron chi connectivity index (χ3n) is 6.29. The van der Waals surface area contributed by atoms with Gasteiger partial charge in [0.25, 0.3) is 0 Å². The van der Waals surface area contributed by atoms with Crippen LogP contribution in [0.4, 0.5) is 26.3 Å². The van der Waals surface area contributed by atoms with Crippen LogP contribution in [0.15, 0.2) is 48.5 Å². The van der Waals surface area contributed by atoms with Crippen LogP contribution in [0.1, 0.15) is 48.1 Å². The van der Waals surface area contributed by atoms with Crippen LogP contribution in [0.2, 0.25) is 0 Å². The first-order chi connectivity index (χ1) is 17.0. The molecule has 0 unspecified atom stereocenters. The van der Waals surface area contributed by atoms with Crippen molar-refractivity contribution < 1.29 is 39.5 Å². The molecule has 0 saturated carbocycles. The second kappa shape index (κ2) is 10.2. The average molecular weight is 550 g/mol. The fourth-order valence-corrected chi connectivity index (χ4v) is 5.20. The normalized spacial score (nSPS) is 23.9. The average Bonchev–Trinajstić information content (AvgIpc) is 2.82. The summed E-state index contributed by atoms with van der Waals surface area (Å²) in [6.45, 7) is 1.07. The molecule has 0 aliphatic carbocycles. The smallest absolute Gasteiger partial charge is 0.372 e. The largest absolute Gasteiger partial charge is 0.416 e. The van der Waals surface area contributed by atoms with Crippen LogP contribution in [0.5, 0.6) is 0 Å². The van der Waals surface area contributed by atoms with Gasteiger partial charge in [0.2, 0.25) is 10.0 Å². The Morgan fingerprint density at radius 3 is 2.05 bits per heavy atom. The van der Waals surface area contributed by atoms with E-state index in [0.717, 1.165) is 6.26 Å². The number of ether oxygens (including phenoxy) is 1. The zero-order valence-electron chi connectivity index (χ0n) is 19.9. The molecule has 0 amide bonds. The fourth-order valence-electron chi connectivity index (χ4n) is 4.27. The van der Waals surface area contributed by atoms with Gasteiger partial charge in [0.15, 0.2) is 0 Å². The molecule has 3 rings (SSSR count). The Balaban J connectivity index is 1.90. The molecule has 3 atom stereocenters. The van der Waals surface area contributed by atoms with E-state index in [0.29, 0.717) is 17.7 Å². The second-order valence-corrected chi connectivity index (χ2v) is 10.9. The minimum Gasteiger partial charge on any atom is -0.372 e. The van der Waals surface area contributed by atoms with Gasteiger partial charge < -0.3 is 10.1 Å². The maximum Gasteiger partial charge on any atom is 0.416 e. The summed E-state index contributed by atoms with van der Waals surface area (Å²) in [4.78, 5) is 0. The molecule has 0 aromatic heterocycles. The van der Waals surface area contributed by atoms with Crippen LogP contribution >= 0.6 is 0 Å². The molecule has 1 heterocycles. The molecular weight excluding hydrogens is 524 g/mol. The van der Waals surface area contributed by atoms with Crippen molar-refractivity contribution >= 4 is 10.0 Å². The highest BCUT2D eigenvalue weighted by atomic mass is 32.2. The van der Waals surface area contributed by atoms with Crippen molar-refractivity contribution in [1.29, 1.82) is 5.26 Å². The van der Waals surface area contributed by atoms with Gasteiger partial charge in [0.1, 0.15) is 5.54 Å². The lowest BCUT2D eigenvalue weighted by Crippen LogP contribution is -2.63. The molecule has 0 radical (unpaired) electrons. The van der Waals surface area contributed by atoms with E-state index < -0.39 is 50.7 Å². The van der Waals surface area contributed by atoms with E-state index >= 15 is 0 Å². The third kappa shape index (κ3) is 7.01. The number of nitriles is 1. The Hall–Kier alpha value is -2.66. The predicted octanol–water partition coefficient (Wildman–Crippen LogP) is 4.89. The molecule has 1 aliphatic heterocycles. The van der Waals surface area contributed by atoms with E-state index in [9.17, 15) is 40.0 Å². The van der Waals surface area contributed by atoms with Crippen LogP contribution in [0, 0.1) is 11.3 Å². The number of hydrogen-bond donors (Lipinski definition) is 2. The van der Waals surface area contributed by atoms with Crippen molar-refractivity contribution in [2.75, 3.05) is 19.4 Å². The number of hydrogen-bond acceptors (Lipinski definition) is 5. The van der Waals surface area contributed by atoms with Crippen molar-refractivity contribution in [3.05, 3.63) is 70.8 Å². The molecule has 2 aromatic carbocycles. The SMILES string of the molecule is C[C@@H](OC[C@@]1(c2ccccc2)CC[C@@](C#N)(NS(C)(=O)=O)CN1)c1cc(C(F)(F)F)cc(C(F)(F)F)c1. The number of nitrogens with zero attached hydrogens (tertiary/aromatic N) is 1. The van der Waals surface area contributed by atoms with Gasteiger partial charge >= 0.3 is 12.4 Å². The zero-order valence-corrected chi connectivity index (χ0v) is 20.7. The molecule has 2 N–H and O–H groups in total. The van der Waals surface area contributed by atoms with Crippen LogP contribution < -0.4 is 10.0 Å². The summed E-state index contributed by atoms with van der Waals surface area (Å²) in [5.74, 6) is 0. The zero-order chi connectivity index (χ0) is 27.7. The summed E-state index contributed by atoms with van der Waals surface area (Å²) in [7, 11) is -3.72. The lowest BCUT2D eigenvalue weighted by Gasteiger charge is -2.45. The van der Waals surface area contributed by atoms with Gasteiger partial charge in [-0.05, 0) is 49.1 Å². The summed E-state index contributed by atoms with van der Waals surface area (Å²) in [5, 5.41) is 12.8. The van der Waals surface area contributed by atoms with Gasteiger partial charge in [-0.1, -0.05) is 30.3 Å². The third-order valence-corrected chi connectivity index (χ3v) is 7.05. The summed E-state index contributed by atoms with van der Waals surface area (Å²) in [6.07, 6.45) is -9.92. The predicted molar refractivity (Wildman–Crippen MR) is 122 cm³/mol. The van der Waals surface area contributed by atoms with Gasteiger partial charge in [0.05, 0.1) is 41.7 Å². The van der Waals surface area contributed by atoms with E-state index in [4.69, 9.17) is 4.74 Å². The first kappa shape index (κ1) is 28.9. The number of rotatable bonds is 7. The molecule has 0 spiro atoms. The molecule has 0 bridgehead atoms. The van der Waals surface area contributed by atoms with Crippen molar-refractivity contribution in [3.63, 3.8) is 0 Å². The Kier molecular flexibility index (Phi) is 8.00. The highest BCUT2D eigenvalue weighted by molar-refractivity contribution is 7.88. The minimum absolute atomic E-state index is 0.0562. The highest BCUT2D eigenvalue weighted by Gasteiger charge is 2.46. The molecule has 13 heteroatoms. The van der Waals surface area contributed by atoms with Crippen molar-refractivity contribution in [2.45, 2.75) is 49.3 Å². The van der Waals surface area contributed by atoms with Crippen LogP contribution in [0.3, 0.4) is 0 Å². The number of nitrogens with one attached hydrogen (secondary N) is 2. The van der Waals surface area contributed by atoms with E-state index in [1.807, 2.05) is 6.07 Å². The molecule has 2 aromatic rings. The molecule has 202 valence electrons. The van der Waals surface area contributed by atoms with Gasteiger partial charge in [-0.25, -0.2) is 8.42 Å². The standard InChI is InChI=1S/C24H25F6N3O3S/c1-16(17-10-19(23(25,26)27)12-20(11-17)24(28,29)30)36-15-22(18-6-4-3-5-7-18)9-8-21(13-31,14-32-22)33-37(2,34)35/h3-7,10-12,16,32-33H,8-9,14-15H2,1-2H3/t16-,21+,22-/m1/s1. The first-order valence-electron chi connectivity index (χ1n) is 11.1. The Morgan fingerprint density at radius 2 is 1.62 bits per heavy atom. The van der Waals surface area contributed by atoms with Crippen molar-refractivity contribution in [3.8, 4) is 6.07 Å². The van der Waals surface area contributed by atoms with E-state index in [1.54, 1.807) is 30.3 Å². The number of piperidine rings is 1. The number of halogens is 6. The number of alkyl halides is 6. The fraction of sp³-hybridized carbons (Fsp3) is 0.458. The molecule has 37 heavy (non-hydrogen) atoms. The Morgan fingerprint density at radius 1 is 1.05 bits per heavy atom. The maximum absolute atomic E-state index is 13.3. The van der Waals surface area contributed by atoms with E-state index in [1.165, 1.54) is 6.92 Å². The molecule has 6 nitrogen and oxygen atoms in total. The van der Waals surface area contributed by atoms with Gasteiger partial charge in [-0.2, -0.15) is 36.3 Å². The van der Waals surface area contributed by atoms with Crippen molar-refractivity contribution in [1.82, 2.24) is 10.0 Å². The van der Waals surface area contributed by atoms with Crippen LogP contribution in [-0.4, -0.2) is 33.4 Å². The Labute approximate surface area is 210 Å². The van der Waals surface area contributed by atoms with Crippen LogP contribution in [0.25, 0.3) is 0 Å². The summed E-state index contributed by atoms with van der Waals surface area (Å²) in [6, 6.07) is 12.1. The maximum atomic E-state index is 13.3. The highest BCUT2D eigenvalue weighted by Crippen LogP contribution is 2.39. The molecule has 1 saturated heterocycles. The molecule has 1 aliphatic rings.